The highest BCUT2D eigenvalue weighted by Crippen LogP contribution is 2.31. The molecule has 1 saturated carbocycles. The molecule has 1 atom stereocenters. The Hall–Kier alpha value is -0.890. The first-order chi connectivity index (χ1) is 11.3. The monoisotopic (exact) mass is 443 g/mol. The van der Waals surface area contributed by atoms with Gasteiger partial charge in [-0.2, -0.15) is 0 Å². The second-order valence-electron chi connectivity index (χ2n) is 6.60. The second kappa shape index (κ2) is 10.2. The van der Waals surface area contributed by atoms with Gasteiger partial charge in [-0.15, -0.1) is 24.0 Å². The van der Waals surface area contributed by atoms with Crippen LogP contribution in [-0.2, 0) is 6.42 Å². The highest BCUT2D eigenvalue weighted by atomic mass is 127. The van der Waals surface area contributed by atoms with Crippen LogP contribution in [0.5, 0.6) is 0 Å². The van der Waals surface area contributed by atoms with E-state index in [0.29, 0.717) is 0 Å². The van der Waals surface area contributed by atoms with Crippen molar-refractivity contribution in [2.75, 3.05) is 32.7 Å². The molecule has 2 fully saturated rings. The van der Waals surface area contributed by atoms with Gasteiger partial charge in [0, 0.05) is 50.5 Å². The molecule has 24 heavy (non-hydrogen) atoms. The molecule has 0 radical (unpaired) electrons. The van der Waals surface area contributed by atoms with Crippen molar-refractivity contribution < 1.29 is 0 Å². The summed E-state index contributed by atoms with van der Waals surface area (Å²) in [7, 11) is 0. The zero-order chi connectivity index (χ0) is 15.9. The molecule has 0 bridgehead atoms. The van der Waals surface area contributed by atoms with E-state index in [1.165, 1.54) is 32.4 Å². The molecule has 0 amide bonds. The molecule has 1 saturated heterocycles. The van der Waals surface area contributed by atoms with Gasteiger partial charge in [-0.1, -0.05) is 6.07 Å². The zero-order valence-corrected chi connectivity index (χ0v) is 16.9. The van der Waals surface area contributed by atoms with Crippen LogP contribution in [0.3, 0.4) is 0 Å². The molecule has 0 spiro atoms. The lowest BCUT2D eigenvalue weighted by molar-refractivity contribution is 0.315. The third-order valence-corrected chi connectivity index (χ3v) is 4.63. The van der Waals surface area contributed by atoms with Crippen molar-refractivity contribution in [2.45, 2.75) is 38.6 Å². The average Bonchev–Trinajstić information content (AvgIpc) is 3.32. The lowest BCUT2D eigenvalue weighted by Gasteiger charge is -2.15. The molecule has 134 valence electrons. The maximum atomic E-state index is 4.79. The van der Waals surface area contributed by atoms with E-state index in [9.17, 15) is 0 Å². The van der Waals surface area contributed by atoms with Gasteiger partial charge >= 0.3 is 0 Å². The number of nitrogens with one attached hydrogen (secondary N) is 2. The Bertz CT molecular complexity index is 503. The summed E-state index contributed by atoms with van der Waals surface area (Å²) < 4.78 is 0. The van der Waals surface area contributed by atoms with Gasteiger partial charge in [-0.25, -0.2) is 0 Å². The summed E-state index contributed by atoms with van der Waals surface area (Å²) >= 11 is 0. The van der Waals surface area contributed by atoms with E-state index in [4.69, 9.17) is 4.99 Å². The van der Waals surface area contributed by atoms with Gasteiger partial charge in [0.1, 0.15) is 0 Å². The normalized spacial score (nSPS) is 21.4. The fraction of sp³-hybridized carbons (Fsp3) is 0.667. The van der Waals surface area contributed by atoms with E-state index in [1.807, 2.05) is 18.3 Å². The minimum atomic E-state index is 0. The summed E-state index contributed by atoms with van der Waals surface area (Å²) in [6.07, 6.45) is 6.89. The van der Waals surface area contributed by atoms with Crippen molar-refractivity contribution in [3.63, 3.8) is 0 Å². The van der Waals surface area contributed by atoms with E-state index in [-0.39, 0.29) is 24.0 Å². The molecule has 2 aliphatic rings. The Morgan fingerprint density at radius 3 is 2.88 bits per heavy atom. The van der Waals surface area contributed by atoms with Crippen molar-refractivity contribution in [1.82, 2.24) is 20.5 Å². The Morgan fingerprint density at radius 1 is 1.29 bits per heavy atom. The molecular formula is C18H30IN5. The molecule has 6 heteroatoms. The maximum absolute atomic E-state index is 4.79. The van der Waals surface area contributed by atoms with Gasteiger partial charge < -0.3 is 15.5 Å². The molecule has 1 aliphatic heterocycles. The molecule has 2 N–H and O–H groups in total. The van der Waals surface area contributed by atoms with Crippen LogP contribution in [0.1, 0.15) is 31.9 Å². The van der Waals surface area contributed by atoms with E-state index >= 15 is 0 Å². The number of aliphatic imine (C=N–C) groups is 1. The maximum Gasteiger partial charge on any atom is 0.191 e. The standard InChI is InChI=1S/C18H29N5.HI/c1-2-19-18(21-11-8-16-5-3-4-10-20-16)22-13-15-9-12-23(14-15)17-6-7-17;/h3-5,10,15,17H,2,6-9,11-14H2,1H3,(H2,19,21,22);1H. The lowest BCUT2D eigenvalue weighted by atomic mass is 10.1. The summed E-state index contributed by atoms with van der Waals surface area (Å²) in [6.45, 7) is 7.31. The van der Waals surface area contributed by atoms with Gasteiger partial charge in [-0.05, 0) is 50.8 Å². The SMILES string of the molecule is CCNC(=NCC1CCN(C2CC2)C1)NCCc1ccccn1.I. The number of halogens is 1. The number of hydrogen-bond acceptors (Lipinski definition) is 3. The van der Waals surface area contributed by atoms with Crippen LogP contribution in [0.25, 0.3) is 0 Å². The van der Waals surface area contributed by atoms with Gasteiger partial charge in [0.15, 0.2) is 5.96 Å². The minimum absolute atomic E-state index is 0. The Labute approximate surface area is 162 Å². The quantitative estimate of drug-likeness (QED) is 0.386. The number of aromatic nitrogens is 1. The Kier molecular flexibility index (Phi) is 8.24. The first kappa shape index (κ1) is 19.4. The summed E-state index contributed by atoms with van der Waals surface area (Å²) in [4.78, 5) is 11.8. The van der Waals surface area contributed by atoms with Crippen LogP contribution in [0, 0.1) is 5.92 Å². The van der Waals surface area contributed by atoms with Crippen LogP contribution >= 0.6 is 24.0 Å². The highest BCUT2D eigenvalue weighted by molar-refractivity contribution is 14.0. The highest BCUT2D eigenvalue weighted by Gasteiger charge is 2.34. The number of pyridine rings is 1. The van der Waals surface area contributed by atoms with Gasteiger partial charge in [-0.3, -0.25) is 9.98 Å². The minimum Gasteiger partial charge on any atom is -0.357 e. The molecule has 1 aromatic heterocycles. The van der Waals surface area contributed by atoms with Crippen LogP contribution in [0.4, 0.5) is 0 Å². The van der Waals surface area contributed by atoms with Crippen LogP contribution in [-0.4, -0.2) is 54.6 Å². The topological polar surface area (TPSA) is 52.6 Å². The molecule has 3 rings (SSSR count). The van der Waals surface area contributed by atoms with Crippen molar-refractivity contribution in [1.29, 1.82) is 0 Å². The van der Waals surface area contributed by atoms with Crippen molar-refractivity contribution >= 4 is 29.9 Å². The van der Waals surface area contributed by atoms with E-state index in [0.717, 1.165) is 49.7 Å². The summed E-state index contributed by atoms with van der Waals surface area (Å²) in [5.74, 6) is 1.66. The zero-order valence-electron chi connectivity index (χ0n) is 14.6. The Balaban J connectivity index is 0.00000208. The smallest absolute Gasteiger partial charge is 0.191 e. The first-order valence-electron chi connectivity index (χ1n) is 9.01. The fourth-order valence-corrected chi connectivity index (χ4v) is 3.20. The number of guanidine groups is 1. The van der Waals surface area contributed by atoms with E-state index < -0.39 is 0 Å². The lowest BCUT2D eigenvalue weighted by Crippen LogP contribution is -2.38. The Morgan fingerprint density at radius 2 is 2.17 bits per heavy atom. The van der Waals surface area contributed by atoms with Crippen molar-refractivity contribution in [2.24, 2.45) is 10.9 Å². The molecule has 0 aromatic carbocycles. The molecule has 5 nitrogen and oxygen atoms in total. The third-order valence-electron chi connectivity index (χ3n) is 4.63. The second-order valence-corrected chi connectivity index (χ2v) is 6.60. The predicted octanol–water partition coefficient (Wildman–Crippen LogP) is 2.28. The summed E-state index contributed by atoms with van der Waals surface area (Å²) in [6, 6.07) is 6.95. The average molecular weight is 443 g/mol. The largest absolute Gasteiger partial charge is 0.357 e. The van der Waals surface area contributed by atoms with Gasteiger partial charge in [0.25, 0.3) is 0 Å². The van der Waals surface area contributed by atoms with Crippen LogP contribution in [0.2, 0.25) is 0 Å². The molecular weight excluding hydrogens is 413 g/mol. The molecule has 2 heterocycles. The summed E-state index contributed by atoms with van der Waals surface area (Å²) in [5, 5.41) is 6.77. The number of hydrogen-bond donors (Lipinski definition) is 2. The van der Waals surface area contributed by atoms with E-state index in [2.05, 4.69) is 33.5 Å². The van der Waals surface area contributed by atoms with Crippen LogP contribution in [0.15, 0.2) is 29.4 Å². The van der Waals surface area contributed by atoms with Crippen molar-refractivity contribution in [3.8, 4) is 0 Å². The van der Waals surface area contributed by atoms with E-state index in [1.54, 1.807) is 0 Å². The molecule has 1 aliphatic carbocycles. The number of likely N-dealkylation sites (tertiary alicyclic amines) is 1. The van der Waals surface area contributed by atoms with Gasteiger partial charge in [0.05, 0.1) is 0 Å². The predicted molar refractivity (Wildman–Crippen MR) is 110 cm³/mol. The summed E-state index contributed by atoms with van der Waals surface area (Å²) in [5.41, 5.74) is 1.12. The fourth-order valence-electron chi connectivity index (χ4n) is 3.20. The molecule has 1 aromatic rings. The number of nitrogens with zero attached hydrogens (tertiary/aromatic N) is 3. The third kappa shape index (κ3) is 6.20. The first-order valence-corrected chi connectivity index (χ1v) is 9.01. The number of rotatable bonds is 7. The van der Waals surface area contributed by atoms with Gasteiger partial charge in [0.2, 0.25) is 0 Å². The van der Waals surface area contributed by atoms with Crippen LogP contribution < -0.4 is 10.6 Å². The van der Waals surface area contributed by atoms with Crippen molar-refractivity contribution in [3.05, 3.63) is 30.1 Å². The molecule has 1 unspecified atom stereocenters.